The third kappa shape index (κ3) is 5.68. The Kier molecular flexibility index (Phi) is 8.38. The Morgan fingerprint density at radius 2 is 1.82 bits per heavy atom. The van der Waals surface area contributed by atoms with Gasteiger partial charge in [-0.3, -0.25) is 4.79 Å². The van der Waals surface area contributed by atoms with Gasteiger partial charge in [-0.05, 0) is 76.6 Å². The van der Waals surface area contributed by atoms with Crippen molar-refractivity contribution in [2.45, 2.75) is 51.6 Å². The van der Waals surface area contributed by atoms with Gasteiger partial charge in [-0.1, -0.05) is 17.8 Å². The standard InChI is InChI=1S/C25H33N5O2S/c1-7-29(8-2)20-13-11-19(12-14-20)23-27-28-25(30(23)9-3)33-18(5)24(31)26-21-16-17(4)10-15-22(21)32-6/h10-16,18H,7-9H2,1-6H3,(H,26,31). The van der Waals surface area contributed by atoms with Crippen molar-refractivity contribution < 1.29 is 9.53 Å². The number of nitrogens with zero attached hydrogens (tertiary/aromatic N) is 4. The molecule has 0 radical (unpaired) electrons. The van der Waals surface area contributed by atoms with Crippen LogP contribution in [0.3, 0.4) is 0 Å². The smallest absolute Gasteiger partial charge is 0.237 e. The second kappa shape index (κ2) is 11.2. The number of thioether (sulfide) groups is 1. The molecule has 1 atom stereocenters. The van der Waals surface area contributed by atoms with Gasteiger partial charge in [-0.15, -0.1) is 10.2 Å². The molecular formula is C25H33N5O2S. The van der Waals surface area contributed by atoms with Crippen LogP contribution in [-0.4, -0.2) is 46.1 Å². The Balaban J connectivity index is 1.76. The average Bonchev–Trinajstić information content (AvgIpc) is 3.22. The highest BCUT2D eigenvalue weighted by Crippen LogP contribution is 2.30. The Bertz CT molecular complexity index is 1080. The van der Waals surface area contributed by atoms with Crippen LogP contribution in [0.5, 0.6) is 5.75 Å². The molecule has 1 N–H and O–H groups in total. The normalized spacial score (nSPS) is 11.8. The maximum Gasteiger partial charge on any atom is 0.237 e. The SMILES string of the molecule is CCN(CC)c1ccc(-c2nnc(SC(C)C(=O)Nc3cc(C)ccc3OC)n2CC)cc1. The van der Waals surface area contributed by atoms with Gasteiger partial charge in [0.05, 0.1) is 18.0 Å². The molecule has 7 nitrogen and oxygen atoms in total. The van der Waals surface area contributed by atoms with E-state index in [1.165, 1.54) is 17.4 Å². The van der Waals surface area contributed by atoms with Gasteiger partial charge in [-0.2, -0.15) is 0 Å². The van der Waals surface area contributed by atoms with Crippen LogP contribution in [0, 0.1) is 6.92 Å². The summed E-state index contributed by atoms with van der Waals surface area (Å²) < 4.78 is 7.42. The number of nitrogens with one attached hydrogen (secondary N) is 1. The number of aryl methyl sites for hydroxylation is 1. The molecule has 1 aromatic heterocycles. The second-order valence-electron chi connectivity index (χ2n) is 7.72. The minimum absolute atomic E-state index is 0.111. The van der Waals surface area contributed by atoms with E-state index in [0.29, 0.717) is 18.0 Å². The van der Waals surface area contributed by atoms with E-state index in [9.17, 15) is 4.79 Å². The highest BCUT2D eigenvalue weighted by molar-refractivity contribution is 8.00. The average molecular weight is 468 g/mol. The first-order valence-corrected chi connectivity index (χ1v) is 12.2. The summed E-state index contributed by atoms with van der Waals surface area (Å²) in [6.45, 7) is 12.9. The summed E-state index contributed by atoms with van der Waals surface area (Å²) in [5.74, 6) is 1.33. The van der Waals surface area contributed by atoms with Gasteiger partial charge in [0.15, 0.2) is 11.0 Å². The summed E-state index contributed by atoms with van der Waals surface area (Å²) in [6.07, 6.45) is 0. The molecule has 1 amide bonds. The third-order valence-electron chi connectivity index (χ3n) is 5.55. The number of aromatic nitrogens is 3. The van der Waals surface area contributed by atoms with Crippen molar-refractivity contribution in [3.05, 3.63) is 48.0 Å². The highest BCUT2D eigenvalue weighted by atomic mass is 32.2. The van der Waals surface area contributed by atoms with Crippen LogP contribution in [0.4, 0.5) is 11.4 Å². The van der Waals surface area contributed by atoms with Gasteiger partial charge < -0.3 is 19.5 Å². The number of ether oxygens (including phenoxy) is 1. The van der Waals surface area contributed by atoms with Crippen LogP contribution in [0.2, 0.25) is 0 Å². The van der Waals surface area contributed by atoms with Crippen molar-refractivity contribution in [2.75, 3.05) is 30.4 Å². The lowest BCUT2D eigenvalue weighted by Gasteiger charge is -2.21. The zero-order chi connectivity index (χ0) is 24.0. The van der Waals surface area contributed by atoms with E-state index in [1.54, 1.807) is 7.11 Å². The van der Waals surface area contributed by atoms with Crippen molar-refractivity contribution in [3.8, 4) is 17.1 Å². The van der Waals surface area contributed by atoms with Crippen LogP contribution in [0.15, 0.2) is 47.6 Å². The predicted octanol–water partition coefficient (Wildman–Crippen LogP) is 5.25. The Hall–Kier alpha value is -3.00. The largest absolute Gasteiger partial charge is 0.495 e. The van der Waals surface area contributed by atoms with Gasteiger partial charge in [0.1, 0.15) is 5.75 Å². The summed E-state index contributed by atoms with van der Waals surface area (Å²) in [5, 5.41) is 12.2. The Morgan fingerprint density at radius 3 is 2.42 bits per heavy atom. The molecule has 0 fully saturated rings. The van der Waals surface area contributed by atoms with Crippen LogP contribution < -0.4 is 15.0 Å². The molecule has 33 heavy (non-hydrogen) atoms. The van der Waals surface area contributed by atoms with Crippen molar-refractivity contribution in [2.24, 2.45) is 0 Å². The molecule has 0 aliphatic rings. The van der Waals surface area contributed by atoms with Crippen molar-refractivity contribution in [1.29, 1.82) is 0 Å². The lowest BCUT2D eigenvalue weighted by atomic mass is 10.2. The van der Waals surface area contributed by atoms with Crippen LogP contribution in [0.1, 0.15) is 33.3 Å². The number of anilines is 2. The molecule has 8 heteroatoms. The van der Waals surface area contributed by atoms with E-state index < -0.39 is 0 Å². The zero-order valence-electron chi connectivity index (χ0n) is 20.3. The molecule has 0 aliphatic carbocycles. The highest BCUT2D eigenvalue weighted by Gasteiger charge is 2.21. The van der Waals surface area contributed by atoms with E-state index in [4.69, 9.17) is 4.74 Å². The molecule has 0 bridgehead atoms. The fourth-order valence-corrected chi connectivity index (χ4v) is 4.56. The number of rotatable bonds is 10. The van der Waals surface area contributed by atoms with Crippen molar-refractivity contribution >= 4 is 29.0 Å². The fraction of sp³-hybridized carbons (Fsp3) is 0.400. The van der Waals surface area contributed by atoms with Gasteiger partial charge in [0.25, 0.3) is 0 Å². The number of carbonyl (C=O) groups excluding carboxylic acids is 1. The molecule has 3 aromatic rings. The second-order valence-corrected chi connectivity index (χ2v) is 9.03. The van der Waals surface area contributed by atoms with Gasteiger partial charge in [-0.25, -0.2) is 0 Å². The maximum absolute atomic E-state index is 12.9. The quantitative estimate of drug-likeness (QED) is 0.411. The lowest BCUT2D eigenvalue weighted by Crippen LogP contribution is -2.23. The van der Waals surface area contributed by atoms with Gasteiger partial charge in [0.2, 0.25) is 5.91 Å². The van der Waals surface area contributed by atoms with Gasteiger partial charge in [0, 0.05) is 30.9 Å². The fourth-order valence-electron chi connectivity index (χ4n) is 3.65. The summed E-state index contributed by atoms with van der Waals surface area (Å²) in [6, 6.07) is 14.1. The molecule has 0 spiro atoms. The zero-order valence-corrected chi connectivity index (χ0v) is 21.1. The number of methoxy groups -OCH3 is 1. The number of amides is 1. The van der Waals surface area contributed by atoms with Crippen LogP contribution in [0.25, 0.3) is 11.4 Å². The minimum Gasteiger partial charge on any atom is -0.495 e. The molecule has 1 unspecified atom stereocenters. The molecular weight excluding hydrogens is 434 g/mol. The van der Waals surface area contributed by atoms with Crippen molar-refractivity contribution in [3.63, 3.8) is 0 Å². The third-order valence-corrected chi connectivity index (χ3v) is 6.63. The molecule has 176 valence electrons. The molecule has 0 saturated carbocycles. The summed E-state index contributed by atoms with van der Waals surface area (Å²) in [5.41, 5.74) is 3.92. The van der Waals surface area contributed by atoms with E-state index in [0.717, 1.165) is 35.2 Å². The van der Waals surface area contributed by atoms with Crippen LogP contribution >= 0.6 is 11.8 Å². The van der Waals surface area contributed by atoms with Gasteiger partial charge >= 0.3 is 0 Å². The topological polar surface area (TPSA) is 72.3 Å². The van der Waals surface area contributed by atoms with Crippen molar-refractivity contribution in [1.82, 2.24) is 14.8 Å². The number of carbonyl (C=O) groups is 1. The summed E-state index contributed by atoms with van der Waals surface area (Å²) in [7, 11) is 1.60. The minimum atomic E-state index is -0.359. The summed E-state index contributed by atoms with van der Waals surface area (Å²) in [4.78, 5) is 15.2. The Labute approximate surface area is 200 Å². The number of hydrogen-bond donors (Lipinski definition) is 1. The molecule has 1 heterocycles. The number of hydrogen-bond acceptors (Lipinski definition) is 6. The lowest BCUT2D eigenvalue weighted by molar-refractivity contribution is -0.115. The predicted molar refractivity (Wildman–Crippen MR) is 136 cm³/mol. The van der Waals surface area contributed by atoms with Crippen LogP contribution in [-0.2, 0) is 11.3 Å². The van der Waals surface area contributed by atoms with E-state index >= 15 is 0 Å². The first-order chi connectivity index (χ1) is 15.9. The van der Waals surface area contributed by atoms with E-state index in [1.807, 2.05) is 36.6 Å². The van der Waals surface area contributed by atoms with E-state index in [-0.39, 0.29) is 11.2 Å². The molecule has 2 aromatic carbocycles. The maximum atomic E-state index is 12.9. The molecule has 3 rings (SSSR count). The first kappa shape index (κ1) is 24.6. The molecule has 0 aliphatic heterocycles. The number of benzene rings is 2. The van der Waals surface area contributed by atoms with E-state index in [2.05, 4.69) is 65.5 Å². The Morgan fingerprint density at radius 1 is 1.12 bits per heavy atom. The first-order valence-electron chi connectivity index (χ1n) is 11.3. The molecule has 0 saturated heterocycles. The monoisotopic (exact) mass is 467 g/mol. The summed E-state index contributed by atoms with van der Waals surface area (Å²) >= 11 is 1.40.